The molecule has 5 aromatic rings. The van der Waals surface area contributed by atoms with Crippen LogP contribution < -0.4 is 16.6 Å². The predicted octanol–water partition coefficient (Wildman–Crippen LogP) is 2.60. The number of pyridine rings is 2. The van der Waals surface area contributed by atoms with Gasteiger partial charge in [0.25, 0.3) is 5.56 Å². The van der Waals surface area contributed by atoms with Crippen LogP contribution in [-0.4, -0.2) is 44.8 Å². The maximum absolute atomic E-state index is 13.6. The number of carbonyl (C=O) groups is 1. The Kier molecular flexibility index (Phi) is 7.20. The van der Waals surface area contributed by atoms with Gasteiger partial charge in [-0.05, 0) is 30.3 Å². The number of phosphoric acid groups is 1. The van der Waals surface area contributed by atoms with E-state index in [4.69, 9.17) is 9.79 Å². The summed E-state index contributed by atoms with van der Waals surface area (Å²) in [7, 11) is -5.16. The van der Waals surface area contributed by atoms with E-state index in [-0.39, 0.29) is 39.3 Å². The first kappa shape index (κ1) is 28.7. The number of halogens is 3. The molecule has 0 aliphatic rings. The summed E-state index contributed by atoms with van der Waals surface area (Å²) in [4.78, 5) is 73.1. The average Bonchev–Trinajstić information content (AvgIpc) is 2.92. The number of fused-ring (bicyclic) bond motifs is 3. The van der Waals surface area contributed by atoms with Crippen molar-refractivity contribution in [1.29, 1.82) is 0 Å². The van der Waals surface area contributed by atoms with Crippen molar-refractivity contribution in [3.05, 3.63) is 81.4 Å². The number of nitrogens with zero attached hydrogens (tertiary/aromatic N) is 6. The third-order valence-electron chi connectivity index (χ3n) is 5.83. The highest BCUT2D eigenvalue weighted by atomic mass is 31.2. The quantitative estimate of drug-likeness (QED) is 0.191. The van der Waals surface area contributed by atoms with Crippen LogP contribution in [0.1, 0.15) is 12.5 Å². The number of nitrogens with one attached hydrogen (secondary N) is 1. The van der Waals surface area contributed by atoms with E-state index in [1.54, 1.807) is 0 Å². The van der Waals surface area contributed by atoms with Crippen LogP contribution in [0.3, 0.4) is 0 Å². The van der Waals surface area contributed by atoms with Crippen molar-refractivity contribution in [1.82, 2.24) is 29.1 Å². The van der Waals surface area contributed by atoms with E-state index in [9.17, 15) is 32.1 Å². The molecule has 216 valence electrons. The van der Waals surface area contributed by atoms with Crippen molar-refractivity contribution in [2.45, 2.75) is 19.8 Å². The molecular weight excluding hydrogens is 586 g/mol. The molecule has 4 heterocycles. The fraction of sp³-hybridized carbons (Fsp3) is 0.125. The van der Waals surface area contributed by atoms with Gasteiger partial charge in [0.1, 0.15) is 12.2 Å². The van der Waals surface area contributed by atoms with Crippen molar-refractivity contribution in [2.75, 3.05) is 5.32 Å². The van der Waals surface area contributed by atoms with E-state index < -0.39 is 43.4 Å². The van der Waals surface area contributed by atoms with Gasteiger partial charge in [-0.3, -0.25) is 29.0 Å². The van der Waals surface area contributed by atoms with Crippen LogP contribution in [0, 0.1) is 0 Å². The second kappa shape index (κ2) is 10.5. The van der Waals surface area contributed by atoms with Gasteiger partial charge in [0.15, 0.2) is 0 Å². The zero-order valence-electron chi connectivity index (χ0n) is 21.1. The zero-order chi connectivity index (χ0) is 30.4. The number of hydrogen-bond acceptors (Lipinski definition) is 9. The first-order valence-electron chi connectivity index (χ1n) is 11.7. The fourth-order valence-electron chi connectivity index (χ4n) is 4.04. The molecule has 0 unspecified atom stereocenters. The molecule has 5 rings (SSSR count). The van der Waals surface area contributed by atoms with Gasteiger partial charge in [-0.2, -0.15) is 13.2 Å². The van der Waals surface area contributed by atoms with Gasteiger partial charge in [0.05, 0.1) is 33.4 Å². The topological polar surface area (TPSA) is 191 Å². The second-order valence-corrected chi connectivity index (χ2v) is 9.95. The standard InChI is InChI=1S/C24H17F3N7O7P/c1-12(35)31-22-29-8-13(9-30-22)17-5-6-18-19(32-17)20-16(10-28-18)21(36)33(11-41-42(38,39)40)23(37)34(20)15-4-2-3-14(7-15)24(25,26)27/h2-10H,11H2,1H3,(H2,38,39,40)(H,29,30,31,35). The Morgan fingerprint density at radius 1 is 1.07 bits per heavy atom. The van der Waals surface area contributed by atoms with Gasteiger partial charge in [-0.1, -0.05) is 6.07 Å². The Bertz CT molecular complexity index is 2040. The van der Waals surface area contributed by atoms with Crippen LogP contribution in [0.15, 0.2) is 64.6 Å². The van der Waals surface area contributed by atoms with Crippen LogP contribution in [0.4, 0.5) is 19.1 Å². The first-order chi connectivity index (χ1) is 19.7. The molecule has 1 amide bonds. The van der Waals surface area contributed by atoms with Crippen LogP contribution in [0.2, 0.25) is 0 Å². The summed E-state index contributed by atoms with van der Waals surface area (Å²) in [6, 6.07) is 6.70. The molecule has 18 heteroatoms. The number of alkyl halides is 3. The molecular formula is C24H17F3N7O7P. The molecule has 0 saturated carbocycles. The van der Waals surface area contributed by atoms with Gasteiger partial charge in [-0.15, -0.1) is 0 Å². The summed E-state index contributed by atoms with van der Waals surface area (Å²) in [5, 5.41) is 2.10. The lowest BCUT2D eigenvalue weighted by Gasteiger charge is -2.17. The monoisotopic (exact) mass is 603 g/mol. The lowest BCUT2D eigenvalue weighted by Crippen LogP contribution is -2.40. The van der Waals surface area contributed by atoms with E-state index in [1.165, 1.54) is 37.5 Å². The number of hydrogen-bond donors (Lipinski definition) is 3. The third-order valence-corrected chi connectivity index (χ3v) is 6.28. The molecule has 0 radical (unpaired) electrons. The summed E-state index contributed by atoms with van der Waals surface area (Å²) in [6.45, 7) is 0.0663. The molecule has 4 aromatic heterocycles. The number of amides is 1. The number of phosphoric ester groups is 1. The third kappa shape index (κ3) is 5.66. The summed E-state index contributed by atoms with van der Waals surface area (Å²) in [5.41, 5.74) is -3.34. The van der Waals surface area contributed by atoms with Crippen molar-refractivity contribution in [3.63, 3.8) is 0 Å². The average molecular weight is 603 g/mol. The zero-order valence-corrected chi connectivity index (χ0v) is 22.0. The van der Waals surface area contributed by atoms with Crippen molar-refractivity contribution in [2.24, 2.45) is 0 Å². The molecule has 1 aromatic carbocycles. The molecule has 0 atom stereocenters. The van der Waals surface area contributed by atoms with E-state index in [1.807, 2.05) is 0 Å². The summed E-state index contributed by atoms with van der Waals surface area (Å²) in [6.07, 6.45) is -1.04. The predicted molar refractivity (Wildman–Crippen MR) is 140 cm³/mol. The molecule has 42 heavy (non-hydrogen) atoms. The van der Waals surface area contributed by atoms with E-state index in [0.29, 0.717) is 16.2 Å². The molecule has 0 spiro atoms. The maximum atomic E-state index is 13.6. The SMILES string of the molecule is CC(=O)Nc1ncc(-c2ccc3ncc4c(=O)n(COP(=O)(O)O)c(=O)n(-c5cccc(C(F)(F)F)c5)c4c3n2)cn1. The Morgan fingerprint density at radius 3 is 2.43 bits per heavy atom. The first-order valence-corrected chi connectivity index (χ1v) is 13.2. The Morgan fingerprint density at radius 2 is 1.79 bits per heavy atom. The van der Waals surface area contributed by atoms with E-state index in [0.717, 1.165) is 22.9 Å². The lowest BCUT2D eigenvalue weighted by molar-refractivity contribution is -0.137. The van der Waals surface area contributed by atoms with Crippen molar-refractivity contribution < 1.29 is 36.8 Å². The number of aromatic nitrogens is 6. The minimum Gasteiger partial charge on any atom is -0.303 e. The van der Waals surface area contributed by atoms with Gasteiger partial charge in [0.2, 0.25) is 11.9 Å². The molecule has 0 aliphatic heterocycles. The summed E-state index contributed by atoms with van der Waals surface area (Å²) >= 11 is 0. The van der Waals surface area contributed by atoms with E-state index in [2.05, 4.69) is 29.8 Å². The Balaban J connectivity index is 1.82. The summed E-state index contributed by atoms with van der Waals surface area (Å²) in [5.74, 6) is -0.371. The van der Waals surface area contributed by atoms with E-state index >= 15 is 0 Å². The highest BCUT2D eigenvalue weighted by Crippen LogP contribution is 2.36. The van der Waals surface area contributed by atoms with Crippen LogP contribution in [-0.2, 0) is 26.8 Å². The Labute approximate surface area is 231 Å². The highest BCUT2D eigenvalue weighted by Gasteiger charge is 2.31. The number of rotatable bonds is 6. The van der Waals surface area contributed by atoms with Gasteiger partial charge >= 0.3 is 19.7 Å². The van der Waals surface area contributed by atoms with Gasteiger partial charge in [-0.25, -0.2) is 28.9 Å². The molecule has 3 N–H and O–H groups in total. The van der Waals surface area contributed by atoms with Crippen LogP contribution in [0.25, 0.3) is 38.9 Å². The minimum absolute atomic E-state index is 0.0237. The molecule has 0 saturated heterocycles. The maximum Gasteiger partial charge on any atom is 0.471 e. The smallest absolute Gasteiger partial charge is 0.303 e. The lowest BCUT2D eigenvalue weighted by atomic mass is 10.1. The molecule has 0 fully saturated rings. The summed E-state index contributed by atoms with van der Waals surface area (Å²) < 4.78 is 57.4. The Hall–Kier alpha value is -4.83. The molecule has 0 aliphatic carbocycles. The second-order valence-electron chi connectivity index (χ2n) is 8.71. The highest BCUT2D eigenvalue weighted by molar-refractivity contribution is 7.46. The molecule has 14 nitrogen and oxygen atoms in total. The number of carbonyl (C=O) groups excluding carboxylic acids is 1. The number of benzene rings is 1. The normalized spacial score (nSPS) is 12.1. The van der Waals surface area contributed by atoms with Gasteiger partial charge in [0, 0.05) is 31.1 Å². The van der Waals surface area contributed by atoms with Crippen molar-refractivity contribution >= 4 is 41.6 Å². The number of anilines is 1. The minimum atomic E-state index is -5.16. The molecule has 0 bridgehead atoms. The van der Waals surface area contributed by atoms with Crippen LogP contribution >= 0.6 is 7.82 Å². The van der Waals surface area contributed by atoms with Gasteiger partial charge < -0.3 is 9.79 Å². The van der Waals surface area contributed by atoms with Crippen molar-refractivity contribution in [3.8, 4) is 16.9 Å². The largest absolute Gasteiger partial charge is 0.471 e. The fourth-order valence-corrected chi connectivity index (χ4v) is 4.30. The van der Waals surface area contributed by atoms with Crippen LogP contribution in [0.5, 0.6) is 0 Å².